The normalized spacial score (nSPS) is 10.2. The molecular formula is C17H17ClFNO3. The van der Waals surface area contributed by atoms with Gasteiger partial charge in [0, 0.05) is 11.6 Å². The summed E-state index contributed by atoms with van der Waals surface area (Å²) in [6, 6.07) is 10.8. The lowest BCUT2D eigenvalue weighted by Crippen LogP contribution is -2.30. The molecule has 0 fully saturated rings. The Morgan fingerprint density at radius 2 is 1.96 bits per heavy atom. The number of carbonyl (C=O) groups excluding carboxylic acids is 1. The van der Waals surface area contributed by atoms with Crippen LogP contribution in [-0.4, -0.2) is 26.2 Å². The van der Waals surface area contributed by atoms with Crippen LogP contribution in [0.15, 0.2) is 42.5 Å². The fourth-order valence-electron chi connectivity index (χ4n) is 2.01. The van der Waals surface area contributed by atoms with Crippen molar-refractivity contribution in [2.45, 2.75) is 6.42 Å². The van der Waals surface area contributed by atoms with Crippen LogP contribution in [0, 0.1) is 5.82 Å². The van der Waals surface area contributed by atoms with Gasteiger partial charge in [0.25, 0.3) is 5.91 Å². The summed E-state index contributed by atoms with van der Waals surface area (Å²) in [6.07, 6.45) is 0.589. The monoisotopic (exact) mass is 337 g/mol. The van der Waals surface area contributed by atoms with Gasteiger partial charge in [0.1, 0.15) is 17.3 Å². The van der Waals surface area contributed by atoms with Crippen molar-refractivity contribution < 1.29 is 18.7 Å². The van der Waals surface area contributed by atoms with E-state index in [4.69, 9.17) is 21.1 Å². The molecule has 6 heteroatoms. The van der Waals surface area contributed by atoms with Crippen LogP contribution in [0.4, 0.5) is 4.39 Å². The zero-order valence-electron chi connectivity index (χ0n) is 12.6. The highest BCUT2D eigenvalue weighted by atomic mass is 35.5. The van der Waals surface area contributed by atoms with E-state index < -0.39 is 0 Å². The van der Waals surface area contributed by atoms with Crippen molar-refractivity contribution in [1.29, 1.82) is 0 Å². The number of carbonyl (C=O) groups is 1. The zero-order chi connectivity index (χ0) is 16.7. The second-order valence-corrected chi connectivity index (χ2v) is 5.24. The van der Waals surface area contributed by atoms with E-state index in [2.05, 4.69) is 5.32 Å². The lowest BCUT2D eigenvalue weighted by atomic mass is 10.1. The van der Waals surface area contributed by atoms with Gasteiger partial charge in [-0.25, -0.2) is 4.39 Å². The molecule has 4 nitrogen and oxygen atoms in total. The minimum absolute atomic E-state index is 0.127. The number of ether oxygens (including phenoxy) is 2. The lowest BCUT2D eigenvalue weighted by molar-refractivity contribution is -0.123. The van der Waals surface area contributed by atoms with Crippen LogP contribution in [0.2, 0.25) is 5.02 Å². The summed E-state index contributed by atoms with van der Waals surface area (Å²) in [5, 5.41) is 3.36. The summed E-state index contributed by atoms with van der Waals surface area (Å²) in [4.78, 5) is 11.7. The standard InChI is InChI=1S/C17H17ClFNO3/c1-22-16-7-2-13(18)10-12(16)8-9-20-17(21)11-23-15-5-3-14(19)4-6-15/h2-7,10H,8-9,11H2,1H3,(H,20,21). The number of rotatable bonds is 7. The largest absolute Gasteiger partial charge is 0.496 e. The van der Waals surface area contributed by atoms with E-state index in [-0.39, 0.29) is 18.3 Å². The summed E-state index contributed by atoms with van der Waals surface area (Å²) < 4.78 is 23.3. The molecular weight excluding hydrogens is 321 g/mol. The van der Waals surface area contributed by atoms with E-state index in [1.54, 1.807) is 19.2 Å². The predicted molar refractivity (Wildman–Crippen MR) is 86.6 cm³/mol. The van der Waals surface area contributed by atoms with E-state index >= 15 is 0 Å². The molecule has 0 atom stereocenters. The maximum absolute atomic E-state index is 12.7. The maximum atomic E-state index is 12.7. The van der Waals surface area contributed by atoms with Crippen molar-refractivity contribution in [1.82, 2.24) is 5.32 Å². The van der Waals surface area contributed by atoms with Crippen molar-refractivity contribution >= 4 is 17.5 Å². The number of benzene rings is 2. The van der Waals surface area contributed by atoms with Gasteiger partial charge in [0.15, 0.2) is 6.61 Å². The molecule has 2 aromatic carbocycles. The summed E-state index contributed by atoms with van der Waals surface area (Å²) in [5.41, 5.74) is 0.916. The van der Waals surface area contributed by atoms with Gasteiger partial charge in [-0.05, 0) is 54.4 Å². The smallest absolute Gasteiger partial charge is 0.257 e. The first-order valence-electron chi connectivity index (χ1n) is 7.06. The van der Waals surface area contributed by atoms with Crippen molar-refractivity contribution in [2.24, 2.45) is 0 Å². The predicted octanol–water partition coefficient (Wildman–Crippen LogP) is 3.23. The van der Waals surface area contributed by atoms with Crippen LogP contribution < -0.4 is 14.8 Å². The Morgan fingerprint density at radius 3 is 2.65 bits per heavy atom. The highest BCUT2D eigenvalue weighted by molar-refractivity contribution is 6.30. The Labute approximate surface area is 139 Å². The van der Waals surface area contributed by atoms with Crippen molar-refractivity contribution in [3.63, 3.8) is 0 Å². The van der Waals surface area contributed by atoms with Gasteiger partial charge < -0.3 is 14.8 Å². The first-order chi connectivity index (χ1) is 11.1. The van der Waals surface area contributed by atoms with E-state index in [0.29, 0.717) is 23.7 Å². The van der Waals surface area contributed by atoms with Crippen LogP contribution in [-0.2, 0) is 11.2 Å². The van der Waals surface area contributed by atoms with E-state index in [0.717, 1.165) is 11.3 Å². The quantitative estimate of drug-likeness (QED) is 0.844. The topological polar surface area (TPSA) is 47.6 Å². The number of amides is 1. The Kier molecular flexibility index (Phi) is 6.23. The van der Waals surface area contributed by atoms with Gasteiger partial charge in [-0.3, -0.25) is 4.79 Å². The number of hydrogen-bond donors (Lipinski definition) is 1. The summed E-state index contributed by atoms with van der Waals surface area (Å²) >= 11 is 5.95. The lowest BCUT2D eigenvalue weighted by Gasteiger charge is -2.10. The number of hydrogen-bond acceptors (Lipinski definition) is 3. The highest BCUT2D eigenvalue weighted by Gasteiger charge is 2.06. The molecule has 2 aromatic rings. The average Bonchev–Trinajstić information content (AvgIpc) is 2.54. The molecule has 0 bridgehead atoms. The van der Waals surface area contributed by atoms with Gasteiger partial charge in [0.05, 0.1) is 7.11 Å². The summed E-state index contributed by atoms with van der Waals surface area (Å²) in [6.45, 7) is 0.306. The molecule has 0 unspecified atom stereocenters. The van der Waals surface area contributed by atoms with E-state index in [1.807, 2.05) is 6.07 Å². The third kappa shape index (κ3) is 5.45. The minimum atomic E-state index is -0.350. The molecule has 0 radical (unpaired) electrons. The Bertz CT molecular complexity index is 661. The molecule has 1 N–H and O–H groups in total. The maximum Gasteiger partial charge on any atom is 0.257 e. The van der Waals surface area contributed by atoms with Crippen molar-refractivity contribution in [2.75, 3.05) is 20.3 Å². The van der Waals surface area contributed by atoms with Gasteiger partial charge in [-0.15, -0.1) is 0 Å². The van der Waals surface area contributed by atoms with Crippen molar-refractivity contribution in [3.05, 3.63) is 58.9 Å². The molecule has 0 aliphatic carbocycles. The summed E-state index contributed by atoms with van der Waals surface area (Å²) in [7, 11) is 1.59. The van der Waals surface area contributed by atoms with Crippen LogP contribution >= 0.6 is 11.6 Å². The first kappa shape index (κ1) is 17.1. The van der Waals surface area contributed by atoms with Gasteiger partial charge in [-0.2, -0.15) is 0 Å². The Balaban J connectivity index is 1.76. The average molecular weight is 338 g/mol. The molecule has 0 heterocycles. The molecule has 0 spiro atoms. The van der Waals surface area contributed by atoms with E-state index in [9.17, 15) is 9.18 Å². The SMILES string of the molecule is COc1ccc(Cl)cc1CCNC(=O)COc1ccc(F)cc1. The van der Waals surface area contributed by atoms with Crippen LogP contribution in [0.1, 0.15) is 5.56 Å². The number of halogens is 2. The first-order valence-corrected chi connectivity index (χ1v) is 7.44. The van der Waals surface area contributed by atoms with Crippen molar-refractivity contribution in [3.8, 4) is 11.5 Å². The van der Waals surface area contributed by atoms with Crippen LogP contribution in [0.3, 0.4) is 0 Å². The summed E-state index contributed by atoms with van der Waals surface area (Å²) in [5.74, 6) is 0.567. The molecule has 122 valence electrons. The molecule has 0 aromatic heterocycles. The Morgan fingerprint density at radius 1 is 1.22 bits per heavy atom. The molecule has 2 rings (SSSR count). The van der Waals surface area contributed by atoms with Crippen LogP contribution in [0.25, 0.3) is 0 Å². The van der Waals surface area contributed by atoms with Crippen LogP contribution in [0.5, 0.6) is 11.5 Å². The van der Waals surface area contributed by atoms with Gasteiger partial charge in [0.2, 0.25) is 0 Å². The Hall–Kier alpha value is -2.27. The fourth-order valence-corrected chi connectivity index (χ4v) is 2.20. The molecule has 0 saturated heterocycles. The third-order valence-corrected chi connectivity index (χ3v) is 3.38. The number of nitrogens with one attached hydrogen (secondary N) is 1. The number of methoxy groups -OCH3 is 1. The second-order valence-electron chi connectivity index (χ2n) is 4.80. The zero-order valence-corrected chi connectivity index (χ0v) is 13.4. The minimum Gasteiger partial charge on any atom is -0.496 e. The molecule has 0 aliphatic rings. The second kappa shape index (κ2) is 8.39. The highest BCUT2D eigenvalue weighted by Crippen LogP contribution is 2.22. The molecule has 0 saturated carbocycles. The molecule has 23 heavy (non-hydrogen) atoms. The third-order valence-electron chi connectivity index (χ3n) is 3.14. The molecule has 1 amide bonds. The fraction of sp³-hybridized carbons (Fsp3) is 0.235. The molecule has 0 aliphatic heterocycles. The van der Waals surface area contributed by atoms with E-state index in [1.165, 1.54) is 24.3 Å². The van der Waals surface area contributed by atoms with Gasteiger partial charge in [-0.1, -0.05) is 11.6 Å². The van der Waals surface area contributed by atoms with Gasteiger partial charge >= 0.3 is 0 Å².